The highest BCUT2D eigenvalue weighted by Crippen LogP contribution is 2.12. The maximum atomic E-state index is 5.53. The molecule has 0 bridgehead atoms. The maximum absolute atomic E-state index is 5.53. The number of thiocarbonyl (C=S) groups is 1. The zero-order chi connectivity index (χ0) is 13.9. The van der Waals surface area contributed by atoms with E-state index in [0.29, 0.717) is 11.5 Å². The van der Waals surface area contributed by atoms with Crippen molar-refractivity contribution in [1.82, 2.24) is 30.2 Å². The SMILES string of the molecule is NC(=S)c1ccnc(-n2nnc(-c3ccccc3)n2)n1. The normalized spacial score (nSPS) is 10.4. The third kappa shape index (κ3) is 2.36. The van der Waals surface area contributed by atoms with Gasteiger partial charge < -0.3 is 5.73 Å². The van der Waals surface area contributed by atoms with Crippen LogP contribution < -0.4 is 5.73 Å². The molecule has 0 saturated heterocycles. The van der Waals surface area contributed by atoms with Crippen molar-refractivity contribution in [2.75, 3.05) is 0 Å². The van der Waals surface area contributed by atoms with E-state index < -0.39 is 0 Å². The fraction of sp³-hybridized carbons (Fsp3) is 0. The van der Waals surface area contributed by atoms with Crippen LogP contribution in [0.4, 0.5) is 0 Å². The number of hydrogen-bond acceptors (Lipinski definition) is 6. The maximum Gasteiger partial charge on any atom is 0.271 e. The predicted molar refractivity (Wildman–Crippen MR) is 76.1 cm³/mol. The summed E-state index contributed by atoms with van der Waals surface area (Å²) in [6.07, 6.45) is 1.54. The molecule has 0 spiro atoms. The molecule has 3 rings (SSSR count). The van der Waals surface area contributed by atoms with Crippen molar-refractivity contribution < 1.29 is 0 Å². The largest absolute Gasteiger partial charge is 0.388 e. The molecular weight excluding hydrogens is 274 g/mol. The minimum atomic E-state index is 0.192. The van der Waals surface area contributed by atoms with E-state index >= 15 is 0 Å². The van der Waals surface area contributed by atoms with Crippen LogP contribution in [0, 0.1) is 0 Å². The third-order valence-corrected chi connectivity index (χ3v) is 2.73. The molecule has 0 atom stereocenters. The van der Waals surface area contributed by atoms with Crippen LogP contribution >= 0.6 is 12.2 Å². The minimum Gasteiger partial charge on any atom is -0.388 e. The minimum absolute atomic E-state index is 0.192. The lowest BCUT2D eigenvalue weighted by Crippen LogP contribution is -2.14. The zero-order valence-electron chi connectivity index (χ0n) is 10.2. The van der Waals surface area contributed by atoms with Crippen LogP contribution in [0.25, 0.3) is 17.3 Å². The summed E-state index contributed by atoms with van der Waals surface area (Å²) in [5, 5.41) is 12.1. The molecule has 3 aromatic rings. The lowest BCUT2D eigenvalue weighted by atomic mass is 10.2. The van der Waals surface area contributed by atoms with Gasteiger partial charge in [0.25, 0.3) is 5.95 Å². The number of tetrazole rings is 1. The molecule has 0 unspecified atom stereocenters. The average molecular weight is 283 g/mol. The summed E-state index contributed by atoms with van der Waals surface area (Å²) in [4.78, 5) is 9.67. The Morgan fingerprint density at radius 1 is 1.15 bits per heavy atom. The molecule has 8 heteroatoms. The van der Waals surface area contributed by atoms with Crippen molar-refractivity contribution >= 4 is 17.2 Å². The van der Waals surface area contributed by atoms with Crippen molar-refractivity contribution in [3.8, 4) is 17.3 Å². The van der Waals surface area contributed by atoms with E-state index in [0.717, 1.165) is 5.56 Å². The number of nitrogens with two attached hydrogens (primary N) is 1. The summed E-state index contributed by atoms with van der Waals surface area (Å²) in [6.45, 7) is 0. The van der Waals surface area contributed by atoms with Crippen LogP contribution in [0.15, 0.2) is 42.6 Å². The van der Waals surface area contributed by atoms with Crippen molar-refractivity contribution in [2.45, 2.75) is 0 Å². The summed E-state index contributed by atoms with van der Waals surface area (Å²) in [5.41, 5.74) is 6.86. The van der Waals surface area contributed by atoms with Gasteiger partial charge >= 0.3 is 0 Å². The molecule has 0 radical (unpaired) electrons. The first-order valence-corrected chi connectivity index (χ1v) is 6.13. The molecule has 0 amide bonds. The molecule has 20 heavy (non-hydrogen) atoms. The Morgan fingerprint density at radius 3 is 2.70 bits per heavy atom. The number of hydrogen-bond donors (Lipinski definition) is 1. The molecule has 2 heterocycles. The Kier molecular flexibility index (Phi) is 3.13. The van der Waals surface area contributed by atoms with Crippen LogP contribution in [-0.4, -0.2) is 35.2 Å². The van der Waals surface area contributed by atoms with E-state index in [1.54, 1.807) is 12.3 Å². The van der Waals surface area contributed by atoms with E-state index in [-0.39, 0.29) is 10.9 Å². The van der Waals surface area contributed by atoms with E-state index in [9.17, 15) is 0 Å². The average Bonchev–Trinajstić information content (AvgIpc) is 2.98. The smallest absolute Gasteiger partial charge is 0.271 e. The van der Waals surface area contributed by atoms with Crippen molar-refractivity contribution in [3.63, 3.8) is 0 Å². The quantitative estimate of drug-likeness (QED) is 0.709. The lowest BCUT2D eigenvalue weighted by molar-refractivity contribution is 0.677. The van der Waals surface area contributed by atoms with Crippen LogP contribution in [0.2, 0.25) is 0 Å². The Labute approximate surface area is 119 Å². The number of rotatable bonds is 3. The van der Waals surface area contributed by atoms with Gasteiger partial charge in [0.15, 0.2) is 0 Å². The summed E-state index contributed by atoms with van der Waals surface area (Å²) in [7, 11) is 0. The Balaban J connectivity index is 1.98. The summed E-state index contributed by atoms with van der Waals surface area (Å²) in [6, 6.07) is 11.1. The van der Waals surface area contributed by atoms with Crippen molar-refractivity contribution in [3.05, 3.63) is 48.3 Å². The summed E-state index contributed by atoms with van der Waals surface area (Å²) in [5.74, 6) is 0.764. The van der Waals surface area contributed by atoms with Crippen molar-refractivity contribution in [2.24, 2.45) is 5.73 Å². The Morgan fingerprint density at radius 2 is 1.95 bits per heavy atom. The van der Waals surface area contributed by atoms with E-state index in [4.69, 9.17) is 18.0 Å². The highest BCUT2D eigenvalue weighted by molar-refractivity contribution is 7.80. The van der Waals surface area contributed by atoms with Crippen LogP contribution in [0.3, 0.4) is 0 Å². The molecule has 0 aliphatic heterocycles. The van der Waals surface area contributed by atoms with E-state index in [2.05, 4.69) is 25.4 Å². The van der Waals surface area contributed by atoms with Gasteiger partial charge in [-0.15, -0.1) is 10.2 Å². The molecule has 1 aromatic carbocycles. The molecule has 2 N–H and O–H groups in total. The molecule has 2 aromatic heterocycles. The molecule has 98 valence electrons. The van der Waals surface area contributed by atoms with Gasteiger partial charge in [0.1, 0.15) is 10.7 Å². The van der Waals surface area contributed by atoms with Gasteiger partial charge in [0.2, 0.25) is 5.82 Å². The van der Waals surface area contributed by atoms with Crippen LogP contribution in [0.5, 0.6) is 0 Å². The van der Waals surface area contributed by atoms with Gasteiger partial charge in [0.05, 0.1) is 0 Å². The number of nitrogens with zero attached hydrogens (tertiary/aromatic N) is 6. The standard InChI is InChI=1S/C12H9N7S/c13-10(20)9-6-7-14-12(15-9)19-17-11(16-18-19)8-4-2-1-3-5-8/h1-7H,(H2,13,20). The van der Waals surface area contributed by atoms with Gasteiger partial charge in [-0.25, -0.2) is 9.97 Å². The van der Waals surface area contributed by atoms with Gasteiger partial charge in [0, 0.05) is 11.8 Å². The molecule has 7 nitrogen and oxygen atoms in total. The first-order valence-electron chi connectivity index (χ1n) is 5.73. The Hall–Kier alpha value is -2.74. The topological polar surface area (TPSA) is 95.4 Å². The van der Waals surface area contributed by atoms with Crippen LogP contribution in [0.1, 0.15) is 5.69 Å². The third-order valence-electron chi connectivity index (χ3n) is 2.52. The van der Waals surface area contributed by atoms with Gasteiger partial charge in [-0.3, -0.25) is 0 Å². The second kappa shape index (κ2) is 5.10. The van der Waals surface area contributed by atoms with E-state index in [1.807, 2.05) is 30.3 Å². The first kappa shape index (κ1) is 12.3. The van der Waals surface area contributed by atoms with Gasteiger partial charge in [-0.05, 0) is 11.3 Å². The van der Waals surface area contributed by atoms with Crippen LogP contribution in [-0.2, 0) is 0 Å². The fourth-order valence-corrected chi connectivity index (χ4v) is 1.70. The summed E-state index contributed by atoms with van der Waals surface area (Å²) >= 11 is 4.88. The molecule has 0 aliphatic rings. The second-order valence-corrected chi connectivity index (χ2v) is 4.31. The summed E-state index contributed by atoms with van der Waals surface area (Å²) < 4.78 is 0. The Bertz CT molecular complexity index is 753. The molecule has 0 fully saturated rings. The molecule has 0 aliphatic carbocycles. The monoisotopic (exact) mass is 283 g/mol. The predicted octanol–water partition coefficient (Wildman–Crippen LogP) is 0.753. The highest BCUT2D eigenvalue weighted by atomic mass is 32.1. The second-order valence-electron chi connectivity index (χ2n) is 3.87. The van der Waals surface area contributed by atoms with Gasteiger partial charge in [-0.2, -0.15) is 0 Å². The molecular formula is C12H9N7S. The van der Waals surface area contributed by atoms with Gasteiger partial charge in [-0.1, -0.05) is 47.3 Å². The first-order chi connectivity index (χ1) is 9.74. The number of benzene rings is 1. The number of aromatic nitrogens is 6. The molecule has 0 saturated carbocycles. The zero-order valence-corrected chi connectivity index (χ0v) is 11.0. The van der Waals surface area contributed by atoms with E-state index in [1.165, 1.54) is 4.80 Å². The highest BCUT2D eigenvalue weighted by Gasteiger charge is 2.10. The lowest BCUT2D eigenvalue weighted by Gasteiger charge is -1.99. The van der Waals surface area contributed by atoms with Crippen molar-refractivity contribution in [1.29, 1.82) is 0 Å². The fourth-order valence-electron chi connectivity index (χ4n) is 1.58.